The van der Waals surface area contributed by atoms with Crippen LogP contribution in [0.25, 0.3) is 0 Å². The first-order valence-electron chi connectivity index (χ1n) is 10.1. The second-order valence-electron chi connectivity index (χ2n) is 8.44. The van der Waals surface area contributed by atoms with Gasteiger partial charge >= 0.3 is 0 Å². The zero-order valence-electron chi connectivity index (χ0n) is 18.4. The van der Waals surface area contributed by atoms with Gasteiger partial charge in [-0.05, 0) is 52.8 Å². The standard InChI is InChI=1S/C24H31FN2O2S/c1-17-10-12-20(13-11-17)30-15-14-22(28)27(16-19-8-6-7-9-21(19)25)18(2)23(29)26-24(3,4)5/h6-13,18H,14-16H2,1-5H3,(H,26,29)/t18-/m0/s1. The smallest absolute Gasteiger partial charge is 0.242 e. The molecule has 162 valence electrons. The molecule has 2 aromatic rings. The molecule has 0 unspecified atom stereocenters. The Morgan fingerprint density at radius 2 is 1.73 bits per heavy atom. The highest BCUT2D eigenvalue weighted by molar-refractivity contribution is 7.99. The fraction of sp³-hybridized carbons (Fsp3) is 0.417. The number of thioether (sulfide) groups is 1. The van der Waals surface area contributed by atoms with E-state index in [0.29, 0.717) is 11.3 Å². The fourth-order valence-electron chi connectivity index (χ4n) is 2.90. The molecular weight excluding hydrogens is 399 g/mol. The van der Waals surface area contributed by atoms with Crippen LogP contribution in [0.3, 0.4) is 0 Å². The van der Waals surface area contributed by atoms with Gasteiger partial charge < -0.3 is 10.2 Å². The SMILES string of the molecule is Cc1ccc(SCCC(=O)N(Cc2ccccc2F)[C@@H](C)C(=O)NC(C)(C)C)cc1. The molecule has 0 aliphatic rings. The van der Waals surface area contributed by atoms with Crippen LogP contribution in [0, 0.1) is 12.7 Å². The third-order valence-corrected chi connectivity index (χ3v) is 5.58. The van der Waals surface area contributed by atoms with Gasteiger partial charge in [0.1, 0.15) is 11.9 Å². The molecule has 0 aliphatic carbocycles. The van der Waals surface area contributed by atoms with Crippen molar-refractivity contribution in [1.82, 2.24) is 10.2 Å². The molecule has 0 saturated carbocycles. The van der Waals surface area contributed by atoms with Crippen molar-refractivity contribution < 1.29 is 14.0 Å². The lowest BCUT2D eigenvalue weighted by Gasteiger charge is -2.31. The van der Waals surface area contributed by atoms with Crippen LogP contribution < -0.4 is 5.32 Å². The molecule has 0 bridgehead atoms. The monoisotopic (exact) mass is 430 g/mol. The Morgan fingerprint density at radius 1 is 1.10 bits per heavy atom. The molecular formula is C24H31FN2O2S. The van der Waals surface area contributed by atoms with Crippen molar-refractivity contribution in [3.8, 4) is 0 Å². The summed E-state index contributed by atoms with van der Waals surface area (Å²) in [5.41, 5.74) is 1.16. The first kappa shape index (κ1) is 23.9. The second-order valence-corrected chi connectivity index (χ2v) is 9.61. The van der Waals surface area contributed by atoms with Gasteiger partial charge in [0.05, 0.1) is 0 Å². The maximum absolute atomic E-state index is 14.2. The Bertz CT molecular complexity index is 862. The van der Waals surface area contributed by atoms with Gasteiger partial charge in [0.25, 0.3) is 0 Å². The average molecular weight is 431 g/mol. The molecule has 1 atom stereocenters. The van der Waals surface area contributed by atoms with Crippen LogP contribution in [0.1, 0.15) is 45.2 Å². The van der Waals surface area contributed by atoms with E-state index in [1.807, 2.05) is 52.0 Å². The normalized spacial score (nSPS) is 12.3. The predicted octanol–water partition coefficient (Wildman–Crippen LogP) is 4.95. The van der Waals surface area contributed by atoms with Crippen molar-refractivity contribution in [2.24, 2.45) is 0 Å². The van der Waals surface area contributed by atoms with Crippen LogP contribution in [0.15, 0.2) is 53.4 Å². The van der Waals surface area contributed by atoms with Crippen LogP contribution in [0.4, 0.5) is 4.39 Å². The maximum Gasteiger partial charge on any atom is 0.242 e. The van der Waals surface area contributed by atoms with Gasteiger partial charge in [-0.15, -0.1) is 11.8 Å². The summed E-state index contributed by atoms with van der Waals surface area (Å²) in [5, 5.41) is 2.91. The molecule has 0 saturated heterocycles. The molecule has 0 fully saturated rings. The molecule has 4 nitrogen and oxygen atoms in total. The van der Waals surface area contributed by atoms with E-state index >= 15 is 0 Å². The zero-order chi connectivity index (χ0) is 22.3. The zero-order valence-corrected chi connectivity index (χ0v) is 19.2. The molecule has 2 rings (SSSR count). The van der Waals surface area contributed by atoms with Crippen molar-refractivity contribution >= 4 is 23.6 Å². The van der Waals surface area contributed by atoms with E-state index in [0.717, 1.165) is 4.90 Å². The second kappa shape index (κ2) is 10.6. The van der Waals surface area contributed by atoms with E-state index in [2.05, 4.69) is 5.32 Å². The minimum atomic E-state index is -0.708. The van der Waals surface area contributed by atoms with E-state index in [-0.39, 0.29) is 30.6 Å². The number of nitrogens with one attached hydrogen (secondary N) is 1. The molecule has 2 aromatic carbocycles. The molecule has 30 heavy (non-hydrogen) atoms. The average Bonchev–Trinajstić information content (AvgIpc) is 2.67. The number of amides is 2. The summed E-state index contributed by atoms with van der Waals surface area (Å²) in [7, 11) is 0. The maximum atomic E-state index is 14.2. The summed E-state index contributed by atoms with van der Waals surface area (Å²) in [4.78, 5) is 28.3. The summed E-state index contributed by atoms with van der Waals surface area (Å²) in [6.45, 7) is 9.44. The Kier molecular flexibility index (Phi) is 8.47. The Hall–Kier alpha value is -2.34. The van der Waals surface area contributed by atoms with Gasteiger partial charge in [0, 0.05) is 34.7 Å². The van der Waals surface area contributed by atoms with Crippen LogP contribution in [-0.2, 0) is 16.1 Å². The topological polar surface area (TPSA) is 49.4 Å². The predicted molar refractivity (Wildman–Crippen MR) is 121 cm³/mol. The first-order valence-corrected chi connectivity index (χ1v) is 11.1. The summed E-state index contributed by atoms with van der Waals surface area (Å²) >= 11 is 1.59. The number of halogens is 1. The highest BCUT2D eigenvalue weighted by Gasteiger charge is 2.28. The molecule has 0 heterocycles. The fourth-order valence-corrected chi connectivity index (χ4v) is 3.74. The molecule has 0 aromatic heterocycles. The Labute approximate surface area is 183 Å². The quantitative estimate of drug-likeness (QED) is 0.603. The Balaban J connectivity index is 2.10. The lowest BCUT2D eigenvalue weighted by molar-refractivity contribution is -0.141. The summed E-state index contributed by atoms with van der Waals surface area (Å²) in [6, 6.07) is 13.8. The molecule has 0 spiro atoms. The summed E-state index contributed by atoms with van der Waals surface area (Å²) < 4.78 is 14.2. The number of carbonyl (C=O) groups excluding carboxylic acids is 2. The van der Waals surface area contributed by atoms with Gasteiger partial charge in [-0.25, -0.2) is 4.39 Å². The highest BCUT2D eigenvalue weighted by atomic mass is 32.2. The number of hydrogen-bond acceptors (Lipinski definition) is 3. The van der Waals surface area contributed by atoms with Crippen molar-refractivity contribution in [1.29, 1.82) is 0 Å². The van der Waals surface area contributed by atoms with Crippen LogP contribution in [0.5, 0.6) is 0 Å². The third kappa shape index (κ3) is 7.48. The van der Waals surface area contributed by atoms with Crippen LogP contribution in [-0.4, -0.2) is 34.0 Å². The van der Waals surface area contributed by atoms with Gasteiger partial charge in [0.15, 0.2) is 0 Å². The molecule has 0 radical (unpaired) electrons. The van der Waals surface area contributed by atoms with Crippen molar-refractivity contribution in [2.45, 2.75) is 64.1 Å². The summed E-state index contributed by atoms with van der Waals surface area (Å²) in [5.74, 6) is -0.218. The number of carbonyl (C=O) groups is 2. The number of nitrogens with zero attached hydrogens (tertiary/aromatic N) is 1. The third-order valence-electron chi connectivity index (χ3n) is 4.57. The largest absolute Gasteiger partial charge is 0.350 e. The van der Waals surface area contributed by atoms with Crippen LogP contribution >= 0.6 is 11.8 Å². The number of hydrogen-bond donors (Lipinski definition) is 1. The minimum absolute atomic E-state index is 0.0550. The number of aryl methyl sites for hydroxylation is 1. The molecule has 6 heteroatoms. The van der Waals surface area contributed by atoms with Crippen molar-refractivity contribution in [3.05, 3.63) is 65.5 Å². The molecule has 0 aliphatic heterocycles. The molecule has 1 N–H and O–H groups in total. The Morgan fingerprint density at radius 3 is 2.33 bits per heavy atom. The first-order chi connectivity index (χ1) is 14.1. The lowest BCUT2D eigenvalue weighted by atomic mass is 10.1. The number of benzene rings is 2. The lowest BCUT2D eigenvalue weighted by Crippen LogP contribution is -2.52. The van der Waals surface area contributed by atoms with E-state index in [4.69, 9.17) is 0 Å². The van der Waals surface area contributed by atoms with E-state index < -0.39 is 11.6 Å². The van der Waals surface area contributed by atoms with E-state index in [9.17, 15) is 14.0 Å². The highest BCUT2D eigenvalue weighted by Crippen LogP contribution is 2.21. The van der Waals surface area contributed by atoms with Gasteiger partial charge in [0.2, 0.25) is 11.8 Å². The van der Waals surface area contributed by atoms with Crippen molar-refractivity contribution in [2.75, 3.05) is 5.75 Å². The van der Waals surface area contributed by atoms with Gasteiger partial charge in [-0.3, -0.25) is 9.59 Å². The summed E-state index contributed by atoms with van der Waals surface area (Å²) in [6.07, 6.45) is 0.264. The van der Waals surface area contributed by atoms with Crippen LogP contribution in [0.2, 0.25) is 0 Å². The van der Waals surface area contributed by atoms with Crippen molar-refractivity contribution in [3.63, 3.8) is 0 Å². The van der Waals surface area contributed by atoms with Gasteiger partial charge in [-0.2, -0.15) is 0 Å². The van der Waals surface area contributed by atoms with E-state index in [1.54, 1.807) is 36.9 Å². The van der Waals surface area contributed by atoms with Gasteiger partial charge in [-0.1, -0.05) is 35.9 Å². The minimum Gasteiger partial charge on any atom is -0.350 e. The number of rotatable bonds is 8. The van der Waals surface area contributed by atoms with E-state index in [1.165, 1.54) is 16.5 Å². The molecule has 2 amide bonds.